The van der Waals surface area contributed by atoms with E-state index in [0.717, 1.165) is 6.07 Å². The minimum absolute atomic E-state index is 0.0320. The Balaban J connectivity index is 2.84. The zero-order valence-electron chi connectivity index (χ0n) is 9.88. The van der Waals surface area contributed by atoms with Crippen LogP contribution in [0.5, 0.6) is 0 Å². The zero-order chi connectivity index (χ0) is 14.4. The van der Waals surface area contributed by atoms with E-state index in [-0.39, 0.29) is 16.5 Å². The predicted octanol–water partition coefficient (Wildman–Crippen LogP) is 2.58. The summed E-state index contributed by atoms with van der Waals surface area (Å²) in [7, 11) is 0. The number of carboxylic acid groups (broad SMARTS) is 1. The van der Waals surface area contributed by atoms with Crippen molar-refractivity contribution in [1.29, 1.82) is 0 Å². The molecule has 1 aromatic heterocycles. The molecule has 2 rings (SSSR count). The fraction of sp³-hybridized carbons (Fsp3) is 0.250. The van der Waals surface area contributed by atoms with Gasteiger partial charge in [0.2, 0.25) is 0 Å². The molecule has 0 bridgehead atoms. The standard InChI is InChI=1S/C12H11F3N2O2/c1-5-8(10(16)11(18)19)9-6(12(13,14)15)3-2-4-7(9)17-5/h2-4,10,17H,16H2,1H3,(H,18,19). The first-order valence-electron chi connectivity index (χ1n) is 5.40. The number of H-pyrrole nitrogens is 1. The molecule has 4 nitrogen and oxygen atoms in total. The fourth-order valence-corrected chi connectivity index (χ4v) is 2.15. The highest BCUT2D eigenvalue weighted by Crippen LogP contribution is 2.38. The first-order valence-corrected chi connectivity index (χ1v) is 5.40. The van der Waals surface area contributed by atoms with E-state index in [2.05, 4.69) is 4.98 Å². The number of carboxylic acids is 1. The molecule has 1 unspecified atom stereocenters. The maximum Gasteiger partial charge on any atom is 0.417 e. The molecule has 102 valence electrons. The minimum Gasteiger partial charge on any atom is -0.480 e. The van der Waals surface area contributed by atoms with Crippen molar-refractivity contribution in [2.24, 2.45) is 5.73 Å². The van der Waals surface area contributed by atoms with Gasteiger partial charge in [0.1, 0.15) is 6.04 Å². The molecule has 0 aliphatic rings. The monoisotopic (exact) mass is 272 g/mol. The molecule has 4 N–H and O–H groups in total. The van der Waals surface area contributed by atoms with Gasteiger partial charge in [-0.2, -0.15) is 13.2 Å². The number of aromatic nitrogens is 1. The Hall–Kier alpha value is -2.02. The van der Waals surface area contributed by atoms with Gasteiger partial charge in [-0.1, -0.05) is 6.07 Å². The second-order valence-electron chi connectivity index (χ2n) is 4.21. The number of hydrogen-bond acceptors (Lipinski definition) is 2. The van der Waals surface area contributed by atoms with Crippen LogP contribution in [0.1, 0.15) is 22.9 Å². The fourth-order valence-electron chi connectivity index (χ4n) is 2.15. The molecule has 0 fully saturated rings. The summed E-state index contributed by atoms with van der Waals surface area (Å²) < 4.78 is 38.9. The molecule has 1 atom stereocenters. The zero-order valence-corrected chi connectivity index (χ0v) is 9.88. The number of aliphatic carboxylic acids is 1. The van der Waals surface area contributed by atoms with Gasteiger partial charge < -0.3 is 15.8 Å². The topological polar surface area (TPSA) is 79.1 Å². The van der Waals surface area contributed by atoms with Gasteiger partial charge in [-0.05, 0) is 19.1 Å². The first kappa shape index (κ1) is 13.4. The van der Waals surface area contributed by atoms with Crippen molar-refractivity contribution in [2.75, 3.05) is 0 Å². The number of benzene rings is 1. The van der Waals surface area contributed by atoms with Crippen LogP contribution in [-0.2, 0) is 11.0 Å². The Bertz CT molecular complexity index is 646. The lowest BCUT2D eigenvalue weighted by atomic mass is 9.99. The third kappa shape index (κ3) is 2.17. The number of aryl methyl sites for hydroxylation is 1. The number of carbonyl (C=O) groups is 1. The Labute approximate surface area is 106 Å². The number of halogens is 3. The van der Waals surface area contributed by atoms with Gasteiger partial charge in [0.25, 0.3) is 0 Å². The molecule has 0 saturated carbocycles. The van der Waals surface area contributed by atoms with Crippen LogP contribution in [0.15, 0.2) is 18.2 Å². The largest absolute Gasteiger partial charge is 0.480 e. The van der Waals surface area contributed by atoms with E-state index < -0.39 is 23.8 Å². The second kappa shape index (κ2) is 4.27. The first-order chi connectivity index (χ1) is 8.73. The molecule has 1 heterocycles. The summed E-state index contributed by atoms with van der Waals surface area (Å²) in [5, 5.41) is 8.73. The summed E-state index contributed by atoms with van der Waals surface area (Å²) in [6.07, 6.45) is -4.57. The van der Waals surface area contributed by atoms with E-state index in [1.54, 1.807) is 0 Å². The van der Waals surface area contributed by atoms with Crippen LogP contribution in [-0.4, -0.2) is 16.1 Å². The lowest BCUT2D eigenvalue weighted by Crippen LogP contribution is -2.21. The van der Waals surface area contributed by atoms with E-state index >= 15 is 0 Å². The van der Waals surface area contributed by atoms with Gasteiger partial charge in [0, 0.05) is 22.2 Å². The Kier molecular flexibility index (Phi) is 3.01. The van der Waals surface area contributed by atoms with Gasteiger partial charge in [0.15, 0.2) is 0 Å². The number of nitrogens with two attached hydrogens (primary N) is 1. The lowest BCUT2D eigenvalue weighted by molar-refractivity contribution is -0.139. The summed E-state index contributed by atoms with van der Waals surface area (Å²) >= 11 is 0. The molecule has 0 spiro atoms. The van der Waals surface area contributed by atoms with Crippen molar-refractivity contribution in [1.82, 2.24) is 4.98 Å². The quantitative estimate of drug-likeness (QED) is 0.786. The van der Waals surface area contributed by atoms with Gasteiger partial charge in [-0.3, -0.25) is 4.79 Å². The van der Waals surface area contributed by atoms with Crippen LogP contribution >= 0.6 is 0 Å². The maximum absolute atomic E-state index is 13.0. The molecule has 0 aliphatic carbocycles. The molecule has 0 aliphatic heterocycles. The summed E-state index contributed by atoms with van der Waals surface area (Å²) in [6, 6.07) is 2.12. The van der Waals surface area contributed by atoms with Crippen molar-refractivity contribution >= 4 is 16.9 Å². The normalized spacial score (nSPS) is 13.7. The van der Waals surface area contributed by atoms with Crippen molar-refractivity contribution in [3.63, 3.8) is 0 Å². The van der Waals surface area contributed by atoms with Crippen molar-refractivity contribution < 1.29 is 23.1 Å². The molecular weight excluding hydrogens is 261 g/mol. The van der Waals surface area contributed by atoms with Crippen LogP contribution in [0.4, 0.5) is 13.2 Å². The summed E-state index contributed by atoms with van der Waals surface area (Å²) in [6.45, 7) is 1.50. The van der Waals surface area contributed by atoms with E-state index in [9.17, 15) is 18.0 Å². The van der Waals surface area contributed by atoms with Gasteiger partial charge in [-0.15, -0.1) is 0 Å². The SMILES string of the molecule is Cc1[nH]c2cccc(C(F)(F)F)c2c1C(N)C(=O)O. The highest BCUT2D eigenvalue weighted by Gasteiger charge is 2.35. The number of rotatable bonds is 2. The summed E-state index contributed by atoms with van der Waals surface area (Å²) in [4.78, 5) is 13.7. The molecule has 2 aromatic rings. The van der Waals surface area contributed by atoms with Crippen LogP contribution in [0, 0.1) is 6.92 Å². The van der Waals surface area contributed by atoms with E-state index in [0.29, 0.717) is 5.69 Å². The number of aromatic amines is 1. The van der Waals surface area contributed by atoms with E-state index in [4.69, 9.17) is 10.8 Å². The van der Waals surface area contributed by atoms with Crippen molar-refractivity contribution in [3.8, 4) is 0 Å². The molecule has 7 heteroatoms. The Morgan fingerprint density at radius 1 is 1.42 bits per heavy atom. The van der Waals surface area contributed by atoms with Crippen LogP contribution in [0.2, 0.25) is 0 Å². The highest BCUT2D eigenvalue weighted by atomic mass is 19.4. The molecule has 0 amide bonds. The molecular formula is C12H11F3N2O2. The molecule has 19 heavy (non-hydrogen) atoms. The van der Waals surface area contributed by atoms with Gasteiger partial charge >= 0.3 is 12.1 Å². The minimum atomic E-state index is -4.57. The molecule has 0 saturated heterocycles. The van der Waals surface area contributed by atoms with E-state index in [1.807, 2.05) is 0 Å². The van der Waals surface area contributed by atoms with E-state index in [1.165, 1.54) is 19.1 Å². The number of fused-ring (bicyclic) bond motifs is 1. The average molecular weight is 272 g/mol. The predicted molar refractivity (Wildman–Crippen MR) is 62.6 cm³/mol. The summed E-state index contributed by atoms with van der Waals surface area (Å²) in [5.74, 6) is -1.37. The van der Waals surface area contributed by atoms with Gasteiger partial charge in [-0.25, -0.2) is 0 Å². The average Bonchev–Trinajstić information content (AvgIpc) is 2.62. The van der Waals surface area contributed by atoms with Crippen LogP contribution in [0.3, 0.4) is 0 Å². The lowest BCUT2D eigenvalue weighted by Gasteiger charge is -2.12. The number of hydrogen-bond donors (Lipinski definition) is 3. The summed E-state index contributed by atoms with van der Waals surface area (Å²) in [5.41, 5.74) is 5.10. The van der Waals surface area contributed by atoms with Crippen LogP contribution < -0.4 is 5.73 Å². The smallest absolute Gasteiger partial charge is 0.417 e. The van der Waals surface area contributed by atoms with Crippen molar-refractivity contribution in [3.05, 3.63) is 35.0 Å². The Morgan fingerprint density at radius 2 is 2.05 bits per heavy atom. The van der Waals surface area contributed by atoms with Crippen molar-refractivity contribution in [2.45, 2.75) is 19.1 Å². The van der Waals surface area contributed by atoms with Gasteiger partial charge in [0.05, 0.1) is 5.56 Å². The second-order valence-corrected chi connectivity index (χ2v) is 4.21. The third-order valence-corrected chi connectivity index (χ3v) is 2.94. The number of nitrogens with one attached hydrogen (secondary N) is 1. The molecule has 1 aromatic carbocycles. The number of alkyl halides is 3. The van der Waals surface area contributed by atoms with Crippen LogP contribution in [0.25, 0.3) is 10.9 Å². The maximum atomic E-state index is 13.0. The third-order valence-electron chi connectivity index (χ3n) is 2.94. The molecule has 0 radical (unpaired) electrons. The Morgan fingerprint density at radius 3 is 2.58 bits per heavy atom. The highest BCUT2D eigenvalue weighted by molar-refractivity contribution is 5.93.